The summed E-state index contributed by atoms with van der Waals surface area (Å²) >= 11 is 1.65. The second kappa shape index (κ2) is 7.31. The first-order chi connectivity index (χ1) is 12.1. The van der Waals surface area contributed by atoms with Gasteiger partial charge in [-0.05, 0) is 24.3 Å². The van der Waals surface area contributed by atoms with E-state index >= 15 is 0 Å². The summed E-state index contributed by atoms with van der Waals surface area (Å²) in [6.07, 6.45) is 2.37. The first-order valence-corrected chi connectivity index (χ1v) is 8.41. The molecule has 0 fully saturated rings. The normalized spacial score (nSPS) is 10.8. The predicted octanol–water partition coefficient (Wildman–Crippen LogP) is 1.71. The van der Waals surface area contributed by atoms with E-state index in [0.717, 1.165) is 16.3 Å². The zero-order valence-corrected chi connectivity index (χ0v) is 14.3. The number of esters is 1. The van der Waals surface area contributed by atoms with Crippen LogP contribution in [0.5, 0.6) is 0 Å². The highest BCUT2D eigenvalue weighted by Gasteiger charge is 2.08. The molecule has 0 aliphatic heterocycles. The van der Waals surface area contributed by atoms with Crippen molar-refractivity contribution in [2.24, 2.45) is 0 Å². The molecule has 3 aromatic rings. The highest BCUT2D eigenvalue weighted by atomic mass is 32.2. The van der Waals surface area contributed by atoms with Gasteiger partial charge in [0.05, 0.1) is 24.6 Å². The Morgan fingerprint density at radius 3 is 2.64 bits per heavy atom. The molecule has 0 radical (unpaired) electrons. The van der Waals surface area contributed by atoms with E-state index < -0.39 is 0 Å². The maximum atomic E-state index is 11.4. The van der Waals surface area contributed by atoms with E-state index in [4.69, 9.17) is 11.5 Å². The lowest BCUT2D eigenvalue weighted by atomic mass is 10.2. The third-order valence-corrected chi connectivity index (χ3v) is 4.42. The Morgan fingerprint density at radius 2 is 1.92 bits per heavy atom. The molecule has 1 aromatic carbocycles. The quantitative estimate of drug-likeness (QED) is 0.518. The number of carbonyl (C=O) groups is 1. The lowest BCUT2D eigenvalue weighted by Crippen LogP contribution is -2.05. The van der Waals surface area contributed by atoms with Crippen LogP contribution in [-0.2, 0) is 11.2 Å². The number of anilines is 2. The van der Waals surface area contributed by atoms with E-state index in [9.17, 15) is 4.79 Å². The van der Waals surface area contributed by atoms with Gasteiger partial charge in [0.2, 0.25) is 5.95 Å². The fourth-order valence-corrected chi connectivity index (χ4v) is 3.06. The highest BCUT2D eigenvalue weighted by molar-refractivity contribution is 7.99. The van der Waals surface area contributed by atoms with Crippen LogP contribution in [0.2, 0.25) is 0 Å². The van der Waals surface area contributed by atoms with Crippen molar-refractivity contribution in [3.63, 3.8) is 0 Å². The van der Waals surface area contributed by atoms with Gasteiger partial charge in [-0.25, -0.2) is 14.8 Å². The molecule has 3 rings (SSSR count). The molecule has 8 nitrogen and oxygen atoms in total. The zero-order chi connectivity index (χ0) is 17.8. The van der Waals surface area contributed by atoms with Crippen LogP contribution in [-0.4, -0.2) is 38.8 Å². The molecule has 25 heavy (non-hydrogen) atoms. The summed E-state index contributed by atoms with van der Waals surface area (Å²) in [4.78, 5) is 29.1. The van der Waals surface area contributed by atoms with Crippen molar-refractivity contribution in [1.29, 1.82) is 0 Å². The predicted molar refractivity (Wildman–Crippen MR) is 96.2 cm³/mol. The molecule has 128 valence electrons. The average Bonchev–Trinajstić information content (AvgIpc) is 2.62. The van der Waals surface area contributed by atoms with E-state index in [1.54, 1.807) is 30.1 Å². The second-order valence-electron chi connectivity index (χ2n) is 5.12. The van der Waals surface area contributed by atoms with Gasteiger partial charge in [-0.2, -0.15) is 9.97 Å². The Hall–Kier alpha value is -2.94. The Labute approximate surface area is 148 Å². The molecular weight excluding hydrogens is 340 g/mol. The van der Waals surface area contributed by atoms with Gasteiger partial charge in [-0.15, -0.1) is 11.8 Å². The standard InChI is InChI=1S/C16H16N6O2S/c1-24-15(23)9-2-4-11(5-3-9)25-7-6-10-8-19-14-12(20-10)13(17)21-16(18)22-14/h2-5,8H,6-7H2,1H3,(H4,17,18,19,21,22). The minimum atomic E-state index is -0.344. The number of nitrogen functional groups attached to an aromatic ring is 2. The van der Waals surface area contributed by atoms with Crippen molar-refractivity contribution in [1.82, 2.24) is 19.9 Å². The molecular formula is C16H16N6O2S. The van der Waals surface area contributed by atoms with Gasteiger partial charge >= 0.3 is 5.97 Å². The Morgan fingerprint density at radius 1 is 1.16 bits per heavy atom. The molecule has 0 amide bonds. The van der Waals surface area contributed by atoms with Gasteiger partial charge in [0.25, 0.3) is 0 Å². The number of carbonyl (C=O) groups excluding carboxylic acids is 1. The summed E-state index contributed by atoms with van der Waals surface area (Å²) < 4.78 is 4.68. The van der Waals surface area contributed by atoms with Gasteiger partial charge in [0, 0.05) is 17.1 Å². The number of methoxy groups -OCH3 is 1. The number of nitrogens with two attached hydrogens (primary N) is 2. The summed E-state index contributed by atoms with van der Waals surface area (Å²) in [5, 5.41) is 0. The summed E-state index contributed by atoms with van der Waals surface area (Å²) in [5.74, 6) is 0.761. The molecule has 0 aliphatic carbocycles. The first-order valence-electron chi connectivity index (χ1n) is 7.42. The number of hydrogen-bond acceptors (Lipinski definition) is 9. The molecule has 0 atom stereocenters. The first kappa shape index (κ1) is 16.9. The number of benzene rings is 1. The third-order valence-electron chi connectivity index (χ3n) is 3.40. The van der Waals surface area contributed by atoms with Gasteiger partial charge < -0.3 is 16.2 Å². The van der Waals surface area contributed by atoms with Crippen LogP contribution in [0, 0.1) is 0 Å². The van der Waals surface area contributed by atoms with Crippen molar-refractivity contribution in [2.45, 2.75) is 11.3 Å². The van der Waals surface area contributed by atoms with E-state index in [0.29, 0.717) is 23.1 Å². The van der Waals surface area contributed by atoms with Crippen LogP contribution < -0.4 is 11.5 Å². The Bertz CT molecular complexity index is 916. The second-order valence-corrected chi connectivity index (χ2v) is 6.28. The van der Waals surface area contributed by atoms with Crippen LogP contribution in [0.1, 0.15) is 16.1 Å². The van der Waals surface area contributed by atoms with Crippen LogP contribution in [0.15, 0.2) is 35.4 Å². The summed E-state index contributed by atoms with van der Waals surface area (Å²) in [6.45, 7) is 0. The van der Waals surface area contributed by atoms with Crippen LogP contribution in [0.25, 0.3) is 11.2 Å². The maximum Gasteiger partial charge on any atom is 0.337 e. The largest absolute Gasteiger partial charge is 0.465 e. The fraction of sp³-hybridized carbons (Fsp3) is 0.188. The van der Waals surface area contributed by atoms with Crippen LogP contribution in [0.4, 0.5) is 11.8 Å². The fourth-order valence-electron chi connectivity index (χ4n) is 2.18. The Balaban J connectivity index is 1.64. The molecule has 0 aliphatic rings. The SMILES string of the molecule is COC(=O)c1ccc(SCCc2cnc3nc(N)nc(N)c3n2)cc1. The molecule has 0 saturated heterocycles. The maximum absolute atomic E-state index is 11.4. The van der Waals surface area contributed by atoms with E-state index in [2.05, 4.69) is 24.7 Å². The minimum absolute atomic E-state index is 0.0815. The van der Waals surface area contributed by atoms with Gasteiger partial charge in [0.1, 0.15) is 0 Å². The Kier molecular flexibility index (Phi) is 4.94. The third kappa shape index (κ3) is 3.94. The molecule has 0 unspecified atom stereocenters. The van der Waals surface area contributed by atoms with Crippen LogP contribution >= 0.6 is 11.8 Å². The molecule has 0 saturated carbocycles. The van der Waals surface area contributed by atoms with Crippen molar-refractivity contribution < 1.29 is 9.53 Å². The molecule has 0 bridgehead atoms. The molecule has 0 spiro atoms. The molecule has 4 N–H and O–H groups in total. The number of ether oxygens (including phenoxy) is 1. The van der Waals surface area contributed by atoms with E-state index in [1.165, 1.54) is 7.11 Å². The minimum Gasteiger partial charge on any atom is -0.465 e. The van der Waals surface area contributed by atoms with Gasteiger partial charge in [-0.3, -0.25) is 0 Å². The molecule has 9 heteroatoms. The molecule has 2 heterocycles. The van der Waals surface area contributed by atoms with Gasteiger partial charge in [-0.1, -0.05) is 0 Å². The lowest BCUT2D eigenvalue weighted by molar-refractivity contribution is 0.0600. The highest BCUT2D eigenvalue weighted by Crippen LogP contribution is 2.21. The number of aryl methyl sites for hydroxylation is 1. The van der Waals surface area contributed by atoms with Crippen molar-refractivity contribution in [3.05, 3.63) is 41.7 Å². The number of fused-ring (bicyclic) bond motifs is 1. The van der Waals surface area contributed by atoms with Gasteiger partial charge in [0.15, 0.2) is 17.0 Å². The summed E-state index contributed by atoms with van der Waals surface area (Å²) in [5.41, 5.74) is 13.5. The number of rotatable bonds is 5. The summed E-state index contributed by atoms with van der Waals surface area (Å²) in [6, 6.07) is 7.26. The molecule has 2 aromatic heterocycles. The van der Waals surface area contributed by atoms with Crippen molar-refractivity contribution in [3.8, 4) is 0 Å². The smallest absolute Gasteiger partial charge is 0.337 e. The zero-order valence-electron chi connectivity index (χ0n) is 13.5. The van der Waals surface area contributed by atoms with E-state index in [-0.39, 0.29) is 17.7 Å². The van der Waals surface area contributed by atoms with Crippen molar-refractivity contribution >= 4 is 40.7 Å². The topological polar surface area (TPSA) is 130 Å². The average molecular weight is 356 g/mol. The van der Waals surface area contributed by atoms with E-state index in [1.807, 2.05) is 12.1 Å². The lowest BCUT2D eigenvalue weighted by Gasteiger charge is -2.05. The monoisotopic (exact) mass is 356 g/mol. The number of aromatic nitrogens is 4. The van der Waals surface area contributed by atoms with Crippen molar-refractivity contribution in [2.75, 3.05) is 24.3 Å². The number of thioether (sulfide) groups is 1. The summed E-state index contributed by atoms with van der Waals surface area (Å²) in [7, 11) is 1.36. The number of nitrogens with zero attached hydrogens (tertiary/aromatic N) is 4. The van der Waals surface area contributed by atoms with Crippen LogP contribution in [0.3, 0.4) is 0 Å². The number of hydrogen-bond donors (Lipinski definition) is 2.